The summed E-state index contributed by atoms with van der Waals surface area (Å²) in [6.07, 6.45) is 0. The van der Waals surface area contributed by atoms with Gasteiger partial charge in [0.25, 0.3) is 0 Å². The number of benzene rings is 10. The topological polar surface area (TPSA) is 56.7 Å². The molecule has 10 aromatic carbocycles. The van der Waals surface area contributed by atoms with Crippen LogP contribution in [0.1, 0.15) is 0 Å². The van der Waals surface area contributed by atoms with Crippen LogP contribution in [0.3, 0.4) is 0 Å². The van der Waals surface area contributed by atoms with Gasteiger partial charge in [-0.1, -0.05) is 200 Å². The monoisotopic (exact) mass is 816 g/mol. The minimum atomic E-state index is 0.539. The zero-order valence-electron chi connectivity index (χ0n) is 34.5. The first-order chi connectivity index (χ1) is 31.7. The third kappa shape index (κ3) is 5.75. The molecular formula is C59H36N4O. The molecule has 64 heavy (non-hydrogen) atoms. The van der Waals surface area contributed by atoms with Gasteiger partial charge < -0.3 is 4.42 Å². The van der Waals surface area contributed by atoms with Crippen molar-refractivity contribution in [1.82, 2.24) is 19.5 Å². The highest BCUT2D eigenvalue weighted by Gasteiger charge is 2.24. The van der Waals surface area contributed by atoms with E-state index in [2.05, 4.69) is 199 Å². The summed E-state index contributed by atoms with van der Waals surface area (Å²) in [5, 5.41) is 9.12. The fraction of sp³-hybridized carbons (Fsp3) is 0. The van der Waals surface area contributed by atoms with E-state index >= 15 is 0 Å². The average Bonchev–Trinajstić information content (AvgIpc) is 3.93. The highest BCUT2D eigenvalue weighted by molar-refractivity contribution is 6.33. The van der Waals surface area contributed by atoms with E-state index in [0.717, 1.165) is 93.6 Å². The SMILES string of the molecule is c1ccc(-c2ccc(-c3nc(-c4ccc(-c5ccccc5)cc4)nc(-n4c5c(-c6ccc7c(c6)oc6ccccc67)cccc5c5c6ccccc6c6ccccc6c54)n3)cc2)cc1. The van der Waals surface area contributed by atoms with Crippen molar-refractivity contribution in [2.75, 3.05) is 0 Å². The van der Waals surface area contributed by atoms with Crippen molar-refractivity contribution in [3.05, 3.63) is 218 Å². The number of fused-ring (bicyclic) bond motifs is 11. The number of para-hydroxylation sites is 2. The number of hydrogen-bond donors (Lipinski definition) is 0. The molecule has 0 fully saturated rings. The Morgan fingerprint density at radius 3 is 1.41 bits per heavy atom. The molecule has 0 saturated heterocycles. The van der Waals surface area contributed by atoms with Crippen LogP contribution in [-0.4, -0.2) is 19.5 Å². The maximum absolute atomic E-state index is 6.48. The van der Waals surface area contributed by atoms with Crippen LogP contribution in [0.5, 0.6) is 0 Å². The molecule has 5 heteroatoms. The van der Waals surface area contributed by atoms with E-state index in [-0.39, 0.29) is 0 Å². The van der Waals surface area contributed by atoms with Gasteiger partial charge in [-0.05, 0) is 62.2 Å². The first-order valence-corrected chi connectivity index (χ1v) is 21.6. The summed E-state index contributed by atoms with van der Waals surface area (Å²) in [5.74, 6) is 1.72. The summed E-state index contributed by atoms with van der Waals surface area (Å²) in [7, 11) is 0. The molecule has 13 aromatic rings. The number of nitrogens with zero attached hydrogens (tertiary/aromatic N) is 4. The minimum absolute atomic E-state index is 0.539. The highest BCUT2D eigenvalue weighted by Crippen LogP contribution is 2.45. The van der Waals surface area contributed by atoms with Gasteiger partial charge in [-0.3, -0.25) is 4.57 Å². The molecule has 0 atom stereocenters. The predicted octanol–water partition coefficient (Wildman–Crippen LogP) is 15.5. The fourth-order valence-electron chi connectivity index (χ4n) is 9.66. The van der Waals surface area contributed by atoms with Crippen molar-refractivity contribution in [1.29, 1.82) is 0 Å². The fourth-order valence-corrected chi connectivity index (χ4v) is 9.66. The summed E-state index contributed by atoms with van der Waals surface area (Å²) in [5.41, 5.74) is 12.2. The summed E-state index contributed by atoms with van der Waals surface area (Å²) in [6.45, 7) is 0. The maximum atomic E-state index is 6.48. The first-order valence-electron chi connectivity index (χ1n) is 21.6. The van der Waals surface area contributed by atoms with Crippen LogP contribution in [-0.2, 0) is 0 Å². The van der Waals surface area contributed by atoms with Crippen LogP contribution in [0.2, 0.25) is 0 Å². The summed E-state index contributed by atoms with van der Waals surface area (Å²) in [4.78, 5) is 16.2. The standard InChI is InChI=1S/C59H36N4O/c1-3-14-37(15-4-1)39-26-30-41(31-27-39)57-60-58(42-32-28-40(29-33-42)38-16-5-2-6-17-38)62-59(61-57)63-55-44(43-34-35-48-47-20-11-12-25-52(47)64-53(48)36-43)23-13-24-51(55)54-49-21-9-7-18-45(49)46-19-8-10-22-50(46)56(54)63/h1-36H. The Kier molecular flexibility index (Phi) is 8.15. The Balaban J connectivity index is 1.12. The third-order valence-corrected chi connectivity index (χ3v) is 12.7. The predicted molar refractivity (Wildman–Crippen MR) is 264 cm³/mol. The van der Waals surface area contributed by atoms with Gasteiger partial charge in [-0.2, -0.15) is 9.97 Å². The molecule has 0 aliphatic heterocycles. The molecule has 13 rings (SSSR count). The summed E-state index contributed by atoms with van der Waals surface area (Å²) < 4.78 is 8.77. The van der Waals surface area contributed by atoms with Gasteiger partial charge >= 0.3 is 0 Å². The van der Waals surface area contributed by atoms with Gasteiger partial charge in [0.2, 0.25) is 5.95 Å². The maximum Gasteiger partial charge on any atom is 0.238 e. The van der Waals surface area contributed by atoms with Gasteiger partial charge in [0, 0.05) is 43.6 Å². The second-order valence-corrected chi connectivity index (χ2v) is 16.3. The van der Waals surface area contributed by atoms with Crippen LogP contribution < -0.4 is 0 Å². The number of aromatic nitrogens is 4. The second kappa shape index (κ2) is 14.5. The van der Waals surface area contributed by atoms with E-state index in [0.29, 0.717) is 17.6 Å². The van der Waals surface area contributed by atoms with E-state index in [1.165, 1.54) is 16.2 Å². The lowest BCUT2D eigenvalue weighted by atomic mass is 9.96. The van der Waals surface area contributed by atoms with Crippen molar-refractivity contribution in [3.63, 3.8) is 0 Å². The molecular weight excluding hydrogens is 781 g/mol. The molecule has 0 bridgehead atoms. The molecule has 298 valence electrons. The smallest absolute Gasteiger partial charge is 0.238 e. The van der Waals surface area contributed by atoms with Crippen LogP contribution in [0, 0.1) is 0 Å². The van der Waals surface area contributed by atoms with Gasteiger partial charge in [0.1, 0.15) is 11.2 Å². The Bertz CT molecular complexity index is 3830. The molecule has 0 saturated carbocycles. The number of rotatable bonds is 6. The molecule has 0 radical (unpaired) electrons. The van der Waals surface area contributed by atoms with Crippen LogP contribution in [0.4, 0.5) is 0 Å². The van der Waals surface area contributed by atoms with Crippen LogP contribution in [0.25, 0.3) is 127 Å². The lowest BCUT2D eigenvalue weighted by Gasteiger charge is -2.14. The molecule has 0 amide bonds. The molecule has 0 N–H and O–H groups in total. The third-order valence-electron chi connectivity index (χ3n) is 12.7. The Labute approximate surface area is 368 Å². The molecule has 3 heterocycles. The van der Waals surface area contributed by atoms with Crippen molar-refractivity contribution in [3.8, 4) is 62.1 Å². The van der Waals surface area contributed by atoms with Gasteiger partial charge in [-0.15, -0.1) is 0 Å². The summed E-state index contributed by atoms with van der Waals surface area (Å²) in [6, 6.07) is 76.8. The number of hydrogen-bond acceptors (Lipinski definition) is 4. The normalized spacial score (nSPS) is 11.8. The van der Waals surface area contributed by atoms with E-state index in [1.807, 2.05) is 24.3 Å². The highest BCUT2D eigenvalue weighted by atomic mass is 16.3. The van der Waals surface area contributed by atoms with Crippen molar-refractivity contribution in [2.24, 2.45) is 0 Å². The molecule has 0 spiro atoms. The van der Waals surface area contributed by atoms with E-state index < -0.39 is 0 Å². The zero-order chi connectivity index (χ0) is 42.1. The number of furan rings is 1. The van der Waals surface area contributed by atoms with Gasteiger partial charge in [0.05, 0.1) is 11.0 Å². The van der Waals surface area contributed by atoms with Crippen LogP contribution >= 0.6 is 0 Å². The Morgan fingerprint density at radius 1 is 0.297 bits per heavy atom. The van der Waals surface area contributed by atoms with Crippen LogP contribution in [0.15, 0.2) is 223 Å². The van der Waals surface area contributed by atoms with E-state index in [1.54, 1.807) is 0 Å². The molecule has 0 aliphatic carbocycles. The molecule has 3 aromatic heterocycles. The minimum Gasteiger partial charge on any atom is -0.456 e. The lowest BCUT2D eigenvalue weighted by molar-refractivity contribution is 0.669. The zero-order valence-corrected chi connectivity index (χ0v) is 34.5. The van der Waals surface area contributed by atoms with Gasteiger partial charge in [-0.25, -0.2) is 4.98 Å². The second-order valence-electron chi connectivity index (χ2n) is 16.3. The van der Waals surface area contributed by atoms with E-state index in [4.69, 9.17) is 19.4 Å². The quantitative estimate of drug-likeness (QED) is 0.157. The van der Waals surface area contributed by atoms with Crippen molar-refractivity contribution in [2.45, 2.75) is 0 Å². The Hall–Kier alpha value is -8.67. The summed E-state index contributed by atoms with van der Waals surface area (Å²) >= 11 is 0. The van der Waals surface area contributed by atoms with Crippen molar-refractivity contribution < 1.29 is 4.42 Å². The molecule has 5 nitrogen and oxygen atoms in total. The lowest BCUT2D eigenvalue weighted by Crippen LogP contribution is -2.07. The Morgan fingerprint density at radius 2 is 0.766 bits per heavy atom. The molecule has 0 aliphatic rings. The van der Waals surface area contributed by atoms with Crippen molar-refractivity contribution >= 4 is 65.3 Å². The average molecular weight is 817 g/mol. The van der Waals surface area contributed by atoms with E-state index in [9.17, 15) is 0 Å². The van der Waals surface area contributed by atoms with Gasteiger partial charge in [0.15, 0.2) is 11.6 Å². The molecule has 0 unspecified atom stereocenters. The first kappa shape index (κ1) is 36.0. The largest absolute Gasteiger partial charge is 0.456 e.